The molecule has 2 aromatic rings. The average Bonchev–Trinajstić information content (AvgIpc) is 2.48. The van der Waals surface area contributed by atoms with Crippen LogP contribution in [-0.2, 0) is 0 Å². The number of benzene rings is 1. The minimum absolute atomic E-state index is 0.331. The fraction of sp³-hybridized carbons (Fsp3) is 0. The van der Waals surface area contributed by atoms with Gasteiger partial charge in [-0.05, 0) is 34.7 Å². The zero-order valence-electron chi connectivity index (χ0n) is 6.82. The molecule has 0 aliphatic carbocycles. The lowest BCUT2D eigenvalue weighted by atomic mass is 10.2. The predicted molar refractivity (Wildman–Crippen MR) is 68.8 cm³/mol. The van der Waals surface area contributed by atoms with Crippen molar-refractivity contribution in [2.45, 2.75) is 4.90 Å². The van der Waals surface area contributed by atoms with Gasteiger partial charge in [0.15, 0.2) is 0 Å². The second-order valence-corrected chi connectivity index (χ2v) is 5.31. The van der Waals surface area contributed by atoms with Gasteiger partial charge in [0.05, 0.1) is 5.56 Å². The molecule has 1 aromatic heterocycles. The summed E-state index contributed by atoms with van der Waals surface area (Å²) >= 11 is 7.96. The van der Waals surface area contributed by atoms with Crippen molar-refractivity contribution in [3.8, 4) is 0 Å². The number of halogens is 1. The third-order valence-corrected chi connectivity index (χ3v) is 4.16. The van der Waals surface area contributed by atoms with Gasteiger partial charge in [0, 0.05) is 23.9 Å². The van der Waals surface area contributed by atoms with E-state index in [1.54, 1.807) is 12.1 Å². The number of hydrogen-bond donors (Lipinski definition) is 2. The normalized spacial score (nSPS) is 10.7. The summed E-state index contributed by atoms with van der Waals surface area (Å²) in [6.45, 7) is 0. The van der Waals surface area contributed by atoms with Crippen LogP contribution in [0, 0.1) is 3.57 Å². The molecule has 1 N–H and O–H groups in total. The Bertz CT molecular complexity index is 519. The monoisotopic (exact) mass is 336 g/mol. The highest BCUT2D eigenvalue weighted by molar-refractivity contribution is 14.1. The Labute approximate surface area is 103 Å². The molecule has 5 heteroatoms. The third kappa shape index (κ3) is 1.64. The molecule has 0 aliphatic rings. The van der Waals surface area contributed by atoms with Gasteiger partial charge in [0.2, 0.25) is 0 Å². The Balaban J connectivity index is 2.80. The van der Waals surface area contributed by atoms with Crippen LogP contribution in [0.2, 0.25) is 0 Å². The number of carboxylic acid groups (broad SMARTS) is 1. The molecule has 0 amide bonds. The molecule has 1 heterocycles. The number of carboxylic acids is 1. The highest BCUT2D eigenvalue weighted by atomic mass is 127. The largest absolute Gasteiger partial charge is 0.478 e. The Kier molecular flexibility index (Phi) is 2.72. The van der Waals surface area contributed by atoms with Crippen LogP contribution in [0.3, 0.4) is 0 Å². The third-order valence-electron chi connectivity index (χ3n) is 1.85. The van der Waals surface area contributed by atoms with E-state index in [0.29, 0.717) is 5.56 Å². The molecule has 0 saturated carbocycles. The van der Waals surface area contributed by atoms with Crippen LogP contribution in [0.4, 0.5) is 0 Å². The Morgan fingerprint density at radius 1 is 1.50 bits per heavy atom. The Morgan fingerprint density at radius 3 is 2.86 bits per heavy atom. The first-order chi connectivity index (χ1) is 6.59. The maximum Gasteiger partial charge on any atom is 0.335 e. The Hall–Kier alpha value is -0.270. The summed E-state index contributed by atoms with van der Waals surface area (Å²) < 4.78 is 1.91. The number of thiophene rings is 1. The molecule has 0 saturated heterocycles. The maximum absolute atomic E-state index is 10.8. The van der Waals surface area contributed by atoms with E-state index in [2.05, 4.69) is 35.2 Å². The first kappa shape index (κ1) is 10.3. The maximum atomic E-state index is 10.8. The summed E-state index contributed by atoms with van der Waals surface area (Å²) in [5.41, 5.74) is 0.331. The minimum atomic E-state index is -0.890. The van der Waals surface area contributed by atoms with Crippen molar-refractivity contribution in [1.82, 2.24) is 0 Å². The van der Waals surface area contributed by atoms with Crippen LogP contribution < -0.4 is 0 Å². The van der Waals surface area contributed by atoms with Crippen molar-refractivity contribution in [3.63, 3.8) is 0 Å². The first-order valence-corrected chi connectivity index (χ1v) is 6.13. The number of hydrogen-bond acceptors (Lipinski definition) is 3. The van der Waals surface area contributed by atoms with Gasteiger partial charge in [-0.2, -0.15) is 0 Å². The zero-order chi connectivity index (χ0) is 10.3. The summed E-state index contributed by atoms with van der Waals surface area (Å²) in [7, 11) is 0. The lowest BCUT2D eigenvalue weighted by Crippen LogP contribution is -1.96. The van der Waals surface area contributed by atoms with E-state index in [1.807, 2.05) is 5.38 Å². The highest BCUT2D eigenvalue weighted by Crippen LogP contribution is 2.33. The van der Waals surface area contributed by atoms with Crippen molar-refractivity contribution < 1.29 is 9.90 Å². The second kappa shape index (κ2) is 3.71. The number of fused-ring (bicyclic) bond motifs is 1. The van der Waals surface area contributed by atoms with E-state index >= 15 is 0 Å². The molecular weight excluding hydrogens is 331 g/mol. The van der Waals surface area contributed by atoms with Gasteiger partial charge in [0.1, 0.15) is 0 Å². The van der Waals surface area contributed by atoms with Crippen molar-refractivity contribution in [3.05, 3.63) is 26.6 Å². The van der Waals surface area contributed by atoms with Gasteiger partial charge in [-0.15, -0.1) is 24.0 Å². The quantitative estimate of drug-likeness (QED) is 0.618. The van der Waals surface area contributed by atoms with E-state index in [1.165, 1.54) is 11.3 Å². The molecule has 0 bridgehead atoms. The summed E-state index contributed by atoms with van der Waals surface area (Å²) in [6, 6.07) is 3.35. The van der Waals surface area contributed by atoms with Gasteiger partial charge >= 0.3 is 5.97 Å². The van der Waals surface area contributed by atoms with Crippen LogP contribution in [0.25, 0.3) is 10.1 Å². The van der Waals surface area contributed by atoms with Crippen molar-refractivity contribution in [2.75, 3.05) is 0 Å². The first-order valence-electron chi connectivity index (χ1n) is 3.72. The molecule has 2 rings (SSSR count). The van der Waals surface area contributed by atoms with Crippen molar-refractivity contribution >= 4 is 62.6 Å². The molecule has 2 nitrogen and oxygen atoms in total. The van der Waals surface area contributed by atoms with Gasteiger partial charge in [-0.1, -0.05) is 0 Å². The average molecular weight is 336 g/mol. The molecular formula is C9H5IO2S2. The topological polar surface area (TPSA) is 37.3 Å². The molecule has 14 heavy (non-hydrogen) atoms. The fourth-order valence-corrected chi connectivity index (χ4v) is 3.90. The van der Waals surface area contributed by atoms with E-state index in [9.17, 15) is 4.79 Å². The summed E-state index contributed by atoms with van der Waals surface area (Å²) in [5.74, 6) is -0.890. The smallest absolute Gasteiger partial charge is 0.335 e. The second-order valence-electron chi connectivity index (χ2n) is 2.76. The van der Waals surface area contributed by atoms with Crippen LogP contribution in [0.15, 0.2) is 22.4 Å². The minimum Gasteiger partial charge on any atom is -0.478 e. The van der Waals surface area contributed by atoms with Crippen molar-refractivity contribution in [1.29, 1.82) is 0 Å². The molecule has 0 spiro atoms. The fourth-order valence-electron chi connectivity index (χ4n) is 1.22. The predicted octanol–water partition coefficient (Wildman–Crippen LogP) is 3.49. The number of rotatable bonds is 1. The van der Waals surface area contributed by atoms with E-state index in [0.717, 1.165) is 18.6 Å². The van der Waals surface area contributed by atoms with Gasteiger partial charge < -0.3 is 5.11 Å². The summed E-state index contributed by atoms with van der Waals surface area (Å²) in [5, 5.41) is 11.8. The molecule has 0 radical (unpaired) electrons. The van der Waals surface area contributed by atoms with Crippen LogP contribution in [0.1, 0.15) is 10.4 Å². The highest BCUT2D eigenvalue weighted by Gasteiger charge is 2.10. The van der Waals surface area contributed by atoms with Gasteiger partial charge in [-0.3, -0.25) is 0 Å². The van der Waals surface area contributed by atoms with E-state index in [-0.39, 0.29) is 0 Å². The SMILES string of the molecule is O=C(O)c1cc(I)c2c(S)csc2c1. The molecule has 0 aliphatic heterocycles. The molecule has 0 fully saturated rings. The summed E-state index contributed by atoms with van der Waals surface area (Å²) in [4.78, 5) is 11.7. The number of carbonyl (C=O) groups is 1. The lowest BCUT2D eigenvalue weighted by molar-refractivity contribution is 0.0697. The molecule has 72 valence electrons. The Morgan fingerprint density at radius 2 is 2.21 bits per heavy atom. The van der Waals surface area contributed by atoms with Crippen LogP contribution >= 0.6 is 46.6 Å². The van der Waals surface area contributed by atoms with E-state index in [4.69, 9.17) is 5.11 Å². The van der Waals surface area contributed by atoms with Crippen molar-refractivity contribution in [2.24, 2.45) is 0 Å². The molecule has 0 atom stereocenters. The number of thiol groups is 1. The number of aromatic carboxylic acids is 1. The standard InChI is InChI=1S/C9H5IO2S2/c10-5-1-4(9(11)12)2-7-8(5)6(13)3-14-7/h1-3,13H,(H,11,12). The molecule has 0 unspecified atom stereocenters. The molecule has 1 aromatic carbocycles. The zero-order valence-corrected chi connectivity index (χ0v) is 10.7. The van der Waals surface area contributed by atoms with Gasteiger partial charge in [-0.25, -0.2) is 4.79 Å². The van der Waals surface area contributed by atoms with E-state index < -0.39 is 5.97 Å². The summed E-state index contributed by atoms with van der Waals surface area (Å²) in [6.07, 6.45) is 0. The van der Waals surface area contributed by atoms with Crippen LogP contribution in [-0.4, -0.2) is 11.1 Å². The van der Waals surface area contributed by atoms with Gasteiger partial charge in [0.25, 0.3) is 0 Å². The lowest BCUT2D eigenvalue weighted by Gasteiger charge is -1.99. The van der Waals surface area contributed by atoms with Crippen LogP contribution in [0.5, 0.6) is 0 Å².